The summed E-state index contributed by atoms with van der Waals surface area (Å²) in [5, 5.41) is -0.464. The fraction of sp³-hybridized carbons (Fsp3) is 0.389. The van der Waals surface area contributed by atoms with E-state index < -0.39 is 23.2 Å². The van der Waals surface area contributed by atoms with Crippen molar-refractivity contribution in [2.75, 3.05) is 25.1 Å². The van der Waals surface area contributed by atoms with Crippen LogP contribution in [0.15, 0.2) is 29.2 Å². The summed E-state index contributed by atoms with van der Waals surface area (Å²) < 4.78 is 4.61. The van der Waals surface area contributed by atoms with Crippen molar-refractivity contribution in [1.29, 1.82) is 0 Å². The summed E-state index contributed by atoms with van der Waals surface area (Å²) in [6.07, 6.45) is 1.67. The Kier molecular flexibility index (Phi) is 6.25. The molecule has 1 aliphatic heterocycles. The van der Waals surface area contributed by atoms with Crippen molar-refractivity contribution in [3.63, 3.8) is 0 Å². The number of carbonyl (C=O) groups excluding carboxylic acids is 3. The smallest absolute Gasteiger partial charge is 0.328 e. The highest BCUT2D eigenvalue weighted by Gasteiger charge is 2.41. The maximum Gasteiger partial charge on any atom is 0.328 e. The first kappa shape index (κ1) is 19.1. The van der Waals surface area contributed by atoms with Gasteiger partial charge in [0.15, 0.2) is 0 Å². The van der Waals surface area contributed by atoms with Crippen LogP contribution in [0.3, 0.4) is 0 Å². The van der Waals surface area contributed by atoms with Gasteiger partial charge in [0.25, 0.3) is 11.1 Å². The first-order chi connectivity index (χ1) is 11.9. The Morgan fingerprint density at radius 3 is 2.36 bits per heavy atom. The summed E-state index contributed by atoms with van der Waals surface area (Å²) >= 11 is 0.833. The Morgan fingerprint density at radius 2 is 1.84 bits per heavy atom. The van der Waals surface area contributed by atoms with Crippen molar-refractivity contribution in [3.05, 3.63) is 34.7 Å². The van der Waals surface area contributed by atoms with E-state index in [4.69, 9.17) is 0 Å². The maximum atomic E-state index is 12.4. The minimum atomic E-state index is -0.937. The fourth-order valence-corrected chi connectivity index (χ4v) is 3.52. The standard InChI is InChI=1S/C18H22N2O4S/c1-5-19(6-2)14-9-7-13(8-10-14)11-15-16(21)20(18(23)25-15)12(3)17(22)24-4/h7-12H,5-6H2,1-4H3/b15-11+/t12-/m1/s1. The third-order valence-corrected chi connectivity index (χ3v) is 4.96. The molecule has 0 spiro atoms. The zero-order valence-corrected chi connectivity index (χ0v) is 15.6. The van der Waals surface area contributed by atoms with Gasteiger partial charge >= 0.3 is 5.97 Å². The number of anilines is 1. The van der Waals surface area contributed by atoms with Gasteiger partial charge in [-0.15, -0.1) is 0 Å². The zero-order chi connectivity index (χ0) is 18.6. The molecular weight excluding hydrogens is 340 g/mol. The van der Waals surface area contributed by atoms with Gasteiger partial charge in [-0.1, -0.05) is 12.1 Å². The quantitative estimate of drug-likeness (QED) is 0.572. The van der Waals surface area contributed by atoms with Crippen LogP contribution >= 0.6 is 11.8 Å². The Hall–Kier alpha value is -2.28. The lowest BCUT2D eigenvalue weighted by Crippen LogP contribution is -2.42. The molecule has 0 N–H and O–H groups in total. The minimum Gasteiger partial charge on any atom is -0.467 e. The molecule has 0 aromatic heterocycles. The molecular formula is C18H22N2O4S. The second-order valence-corrected chi connectivity index (χ2v) is 6.51. The van der Waals surface area contributed by atoms with Gasteiger partial charge in [0.1, 0.15) is 6.04 Å². The van der Waals surface area contributed by atoms with Gasteiger partial charge < -0.3 is 9.64 Å². The average Bonchev–Trinajstić information content (AvgIpc) is 2.89. The van der Waals surface area contributed by atoms with Crippen LogP contribution in [0, 0.1) is 0 Å². The molecule has 0 unspecified atom stereocenters. The van der Waals surface area contributed by atoms with Crippen molar-refractivity contribution in [2.24, 2.45) is 0 Å². The molecule has 1 atom stereocenters. The summed E-state index contributed by atoms with van der Waals surface area (Å²) in [5.74, 6) is -1.09. The molecule has 1 heterocycles. The number of hydrogen-bond donors (Lipinski definition) is 0. The number of amides is 2. The predicted octanol–water partition coefficient (Wildman–Crippen LogP) is 3.13. The SMILES string of the molecule is CCN(CC)c1ccc(/C=C2/SC(=O)N([C@H](C)C(=O)OC)C2=O)cc1. The number of benzene rings is 1. The molecule has 2 amide bonds. The number of rotatable bonds is 6. The molecule has 0 saturated carbocycles. The Bertz CT molecular complexity index is 696. The van der Waals surface area contributed by atoms with E-state index in [1.165, 1.54) is 14.0 Å². The highest BCUT2D eigenvalue weighted by molar-refractivity contribution is 8.18. The van der Waals surface area contributed by atoms with Crippen LogP contribution in [-0.2, 0) is 14.3 Å². The molecule has 1 aliphatic rings. The predicted molar refractivity (Wildman–Crippen MR) is 99.3 cm³/mol. The third-order valence-electron chi connectivity index (χ3n) is 4.07. The second kappa shape index (κ2) is 8.20. The number of ether oxygens (including phenoxy) is 1. The van der Waals surface area contributed by atoms with E-state index in [-0.39, 0.29) is 0 Å². The van der Waals surface area contributed by atoms with Crippen molar-refractivity contribution < 1.29 is 19.1 Å². The van der Waals surface area contributed by atoms with Crippen LogP contribution < -0.4 is 4.90 Å². The van der Waals surface area contributed by atoms with Crippen LogP contribution in [0.2, 0.25) is 0 Å². The van der Waals surface area contributed by atoms with Crippen LogP contribution in [0.4, 0.5) is 10.5 Å². The van der Waals surface area contributed by atoms with E-state index in [1.807, 2.05) is 24.3 Å². The van der Waals surface area contributed by atoms with Crippen LogP contribution in [0.1, 0.15) is 26.3 Å². The van der Waals surface area contributed by atoms with Gasteiger partial charge in [-0.2, -0.15) is 0 Å². The van der Waals surface area contributed by atoms with E-state index in [1.54, 1.807) is 6.08 Å². The summed E-state index contributed by atoms with van der Waals surface area (Å²) in [7, 11) is 1.23. The summed E-state index contributed by atoms with van der Waals surface area (Å²) in [6, 6.07) is 6.85. The van der Waals surface area contributed by atoms with E-state index >= 15 is 0 Å². The largest absolute Gasteiger partial charge is 0.467 e. The zero-order valence-electron chi connectivity index (χ0n) is 14.8. The normalized spacial score (nSPS) is 17.1. The van der Waals surface area contributed by atoms with Gasteiger partial charge in [0, 0.05) is 18.8 Å². The molecule has 1 fully saturated rings. The second-order valence-electron chi connectivity index (χ2n) is 5.51. The maximum absolute atomic E-state index is 12.4. The molecule has 0 radical (unpaired) electrons. The molecule has 1 aromatic carbocycles. The molecule has 25 heavy (non-hydrogen) atoms. The first-order valence-corrected chi connectivity index (χ1v) is 8.94. The van der Waals surface area contributed by atoms with Crippen molar-refractivity contribution in [1.82, 2.24) is 4.90 Å². The van der Waals surface area contributed by atoms with Crippen LogP contribution in [0.5, 0.6) is 0 Å². The summed E-state index contributed by atoms with van der Waals surface area (Å²) in [4.78, 5) is 39.6. The molecule has 2 rings (SSSR count). The highest BCUT2D eigenvalue weighted by atomic mass is 32.2. The van der Waals surface area contributed by atoms with E-state index in [2.05, 4.69) is 23.5 Å². The van der Waals surface area contributed by atoms with Crippen molar-refractivity contribution in [3.8, 4) is 0 Å². The van der Waals surface area contributed by atoms with E-state index in [0.717, 1.165) is 41.0 Å². The molecule has 6 nitrogen and oxygen atoms in total. The molecule has 1 saturated heterocycles. The molecule has 1 aromatic rings. The lowest BCUT2D eigenvalue weighted by atomic mass is 10.1. The minimum absolute atomic E-state index is 0.302. The number of hydrogen-bond acceptors (Lipinski definition) is 6. The number of nitrogens with zero attached hydrogens (tertiary/aromatic N) is 2. The Balaban J connectivity index is 2.20. The van der Waals surface area contributed by atoms with Gasteiger partial charge in [-0.3, -0.25) is 14.5 Å². The topological polar surface area (TPSA) is 66.9 Å². The van der Waals surface area contributed by atoms with Gasteiger partial charge in [0.05, 0.1) is 12.0 Å². The van der Waals surface area contributed by atoms with Gasteiger partial charge in [-0.25, -0.2) is 4.79 Å². The molecule has 134 valence electrons. The Morgan fingerprint density at radius 1 is 1.24 bits per heavy atom. The first-order valence-electron chi connectivity index (χ1n) is 8.12. The highest BCUT2D eigenvalue weighted by Crippen LogP contribution is 2.34. The number of imide groups is 1. The monoisotopic (exact) mass is 362 g/mol. The molecule has 0 bridgehead atoms. The van der Waals surface area contributed by atoms with E-state index in [0.29, 0.717) is 4.91 Å². The van der Waals surface area contributed by atoms with Gasteiger partial charge in [0.2, 0.25) is 0 Å². The molecule has 7 heteroatoms. The summed E-state index contributed by atoms with van der Waals surface area (Å²) in [5.41, 5.74) is 1.93. The average molecular weight is 362 g/mol. The van der Waals surface area contributed by atoms with Crippen LogP contribution in [0.25, 0.3) is 6.08 Å². The van der Waals surface area contributed by atoms with E-state index in [9.17, 15) is 14.4 Å². The summed E-state index contributed by atoms with van der Waals surface area (Å²) in [6.45, 7) is 7.50. The lowest BCUT2D eigenvalue weighted by molar-refractivity contribution is -0.148. The molecule has 0 aliphatic carbocycles. The van der Waals surface area contributed by atoms with Gasteiger partial charge in [-0.05, 0) is 56.3 Å². The number of carbonyl (C=O) groups is 3. The third kappa shape index (κ3) is 4.04. The van der Waals surface area contributed by atoms with Crippen LogP contribution in [-0.4, -0.2) is 48.3 Å². The van der Waals surface area contributed by atoms with Crippen molar-refractivity contribution in [2.45, 2.75) is 26.8 Å². The number of thioether (sulfide) groups is 1. The fourth-order valence-electron chi connectivity index (χ4n) is 2.61. The number of methoxy groups -OCH3 is 1. The Labute approximate surface area is 151 Å². The number of esters is 1. The lowest BCUT2D eigenvalue weighted by Gasteiger charge is -2.20. The van der Waals surface area contributed by atoms with Crippen molar-refractivity contribution >= 4 is 40.6 Å².